The molecule has 1 aromatic heterocycles. The van der Waals surface area contributed by atoms with Crippen LogP contribution in [0.5, 0.6) is 0 Å². The summed E-state index contributed by atoms with van der Waals surface area (Å²) in [5, 5.41) is 2.90. The molecule has 0 bridgehead atoms. The molecule has 0 atom stereocenters. The first kappa shape index (κ1) is 23.1. The third-order valence-corrected chi connectivity index (χ3v) is 7.09. The average molecular weight is 480 g/mol. The van der Waals surface area contributed by atoms with Crippen molar-refractivity contribution in [2.24, 2.45) is 0 Å². The normalized spacial score (nSPS) is 11.6. The third-order valence-electron chi connectivity index (χ3n) is 5.12. The largest absolute Gasteiger partial charge is 0.325 e. The monoisotopic (exact) mass is 479 g/mol. The number of aromatic nitrogens is 2. The van der Waals surface area contributed by atoms with Crippen LogP contribution in [0, 0.1) is 13.8 Å². The molecular formula is C25H25N3O3S2. The van der Waals surface area contributed by atoms with Crippen molar-refractivity contribution in [3.63, 3.8) is 0 Å². The fourth-order valence-electron chi connectivity index (χ4n) is 3.64. The number of amides is 1. The van der Waals surface area contributed by atoms with Gasteiger partial charge in [0.1, 0.15) is 18.1 Å². The van der Waals surface area contributed by atoms with Crippen molar-refractivity contribution in [3.05, 3.63) is 83.7 Å². The number of benzene rings is 3. The van der Waals surface area contributed by atoms with Gasteiger partial charge in [-0.2, -0.15) is 0 Å². The van der Waals surface area contributed by atoms with Crippen LogP contribution in [0.4, 0.5) is 5.69 Å². The second kappa shape index (κ2) is 9.41. The van der Waals surface area contributed by atoms with Crippen LogP contribution in [0.15, 0.2) is 76.5 Å². The van der Waals surface area contributed by atoms with Crippen LogP contribution in [-0.2, 0) is 26.9 Å². The maximum absolute atomic E-state index is 12.8. The molecule has 0 saturated carbocycles. The number of sulfone groups is 1. The van der Waals surface area contributed by atoms with E-state index in [1.165, 1.54) is 16.0 Å². The first-order valence-electron chi connectivity index (χ1n) is 10.4. The molecular weight excluding hydrogens is 454 g/mol. The Morgan fingerprint density at radius 1 is 1.03 bits per heavy atom. The lowest BCUT2D eigenvalue weighted by Crippen LogP contribution is -2.21. The lowest BCUT2D eigenvalue weighted by Gasteiger charge is -2.11. The molecule has 0 radical (unpaired) electrons. The van der Waals surface area contributed by atoms with Gasteiger partial charge in [-0.1, -0.05) is 41.6 Å². The Balaban J connectivity index is 1.48. The molecule has 33 heavy (non-hydrogen) atoms. The highest BCUT2D eigenvalue weighted by atomic mass is 32.2. The van der Waals surface area contributed by atoms with E-state index in [1.807, 2.05) is 48.5 Å². The number of nitrogens with zero attached hydrogens (tertiary/aromatic N) is 2. The molecule has 4 aromatic rings. The second-order valence-electron chi connectivity index (χ2n) is 8.12. The van der Waals surface area contributed by atoms with Crippen molar-refractivity contribution >= 4 is 44.2 Å². The number of para-hydroxylation sites is 2. The Hall–Kier alpha value is -3.10. The van der Waals surface area contributed by atoms with Gasteiger partial charge in [-0.25, -0.2) is 13.4 Å². The zero-order valence-electron chi connectivity index (χ0n) is 18.7. The minimum Gasteiger partial charge on any atom is -0.325 e. The first-order chi connectivity index (χ1) is 15.7. The summed E-state index contributed by atoms with van der Waals surface area (Å²) < 4.78 is 25.4. The molecule has 0 aliphatic carbocycles. The minimum absolute atomic E-state index is 0.0234. The van der Waals surface area contributed by atoms with Crippen molar-refractivity contribution in [2.45, 2.75) is 35.9 Å². The number of nitrogens with one attached hydrogen (secondary N) is 1. The highest BCUT2D eigenvalue weighted by molar-refractivity contribution is 7.99. The number of hydrogen-bond acceptors (Lipinski definition) is 5. The van der Waals surface area contributed by atoms with Crippen molar-refractivity contribution in [2.75, 3.05) is 11.6 Å². The summed E-state index contributed by atoms with van der Waals surface area (Å²) in [7, 11) is -3.30. The van der Waals surface area contributed by atoms with Crippen molar-refractivity contribution in [3.8, 4) is 0 Å². The third kappa shape index (κ3) is 5.83. The number of carbonyl (C=O) groups excluding carboxylic acids is 1. The van der Waals surface area contributed by atoms with E-state index in [4.69, 9.17) is 0 Å². The Morgan fingerprint density at radius 3 is 2.45 bits per heavy atom. The van der Waals surface area contributed by atoms with Gasteiger partial charge in [-0.3, -0.25) is 4.79 Å². The van der Waals surface area contributed by atoms with E-state index in [0.717, 1.165) is 16.7 Å². The van der Waals surface area contributed by atoms with Crippen molar-refractivity contribution < 1.29 is 13.2 Å². The molecule has 1 heterocycles. The highest BCUT2D eigenvalue weighted by Gasteiger charge is 2.17. The number of fused-ring (bicyclic) bond motifs is 1. The molecule has 3 aromatic carbocycles. The van der Waals surface area contributed by atoms with Gasteiger partial charge < -0.3 is 9.88 Å². The number of imidazole rings is 1. The number of rotatable bonds is 7. The fourth-order valence-corrected chi connectivity index (χ4v) is 5.21. The number of carbonyl (C=O) groups is 1. The Bertz CT molecular complexity index is 1430. The van der Waals surface area contributed by atoms with Crippen LogP contribution in [0.2, 0.25) is 0 Å². The topological polar surface area (TPSA) is 81.1 Å². The van der Waals surface area contributed by atoms with Crippen LogP contribution in [0.25, 0.3) is 11.0 Å². The molecule has 1 N–H and O–H groups in total. The van der Waals surface area contributed by atoms with Gasteiger partial charge in [-0.15, -0.1) is 0 Å². The molecule has 1 amide bonds. The van der Waals surface area contributed by atoms with Gasteiger partial charge in [0.15, 0.2) is 9.84 Å². The molecule has 6 nitrogen and oxygen atoms in total. The zero-order valence-corrected chi connectivity index (χ0v) is 20.3. The zero-order chi connectivity index (χ0) is 23.6. The quantitative estimate of drug-likeness (QED) is 0.404. The van der Waals surface area contributed by atoms with Gasteiger partial charge >= 0.3 is 0 Å². The van der Waals surface area contributed by atoms with Crippen LogP contribution >= 0.6 is 11.8 Å². The van der Waals surface area contributed by atoms with E-state index in [-0.39, 0.29) is 18.2 Å². The van der Waals surface area contributed by atoms with E-state index < -0.39 is 9.84 Å². The Morgan fingerprint density at radius 2 is 1.76 bits per heavy atom. The summed E-state index contributed by atoms with van der Waals surface area (Å²) in [4.78, 5) is 19.5. The summed E-state index contributed by atoms with van der Waals surface area (Å²) in [6.45, 7) is 4.15. The van der Waals surface area contributed by atoms with Gasteiger partial charge in [0, 0.05) is 21.7 Å². The van der Waals surface area contributed by atoms with Gasteiger partial charge in [0.05, 0.1) is 11.0 Å². The average Bonchev–Trinajstić information content (AvgIpc) is 3.06. The maximum Gasteiger partial charge on any atom is 0.244 e. The van der Waals surface area contributed by atoms with Crippen LogP contribution < -0.4 is 5.32 Å². The predicted octanol–water partition coefficient (Wildman–Crippen LogP) is 4.99. The summed E-state index contributed by atoms with van der Waals surface area (Å²) in [5.41, 5.74) is 4.54. The molecule has 8 heteroatoms. The fraction of sp³-hybridized carbons (Fsp3) is 0.200. The van der Waals surface area contributed by atoms with E-state index in [9.17, 15) is 13.2 Å². The molecule has 4 rings (SSSR count). The Labute approximate surface area is 198 Å². The second-order valence-corrected chi connectivity index (χ2v) is 11.4. The van der Waals surface area contributed by atoms with Crippen LogP contribution in [0.3, 0.4) is 0 Å². The van der Waals surface area contributed by atoms with E-state index in [2.05, 4.69) is 42.3 Å². The summed E-state index contributed by atoms with van der Waals surface area (Å²) in [6, 6.07) is 21.4. The molecule has 0 unspecified atom stereocenters. The maximum atomic E-state index is 12.8. The smallest absolute Gasteiger partial charge is 0.244 e. The lowest BCUT2D eigenvalue weighted by molar-refractivity contribution is -0.116. The molecule has 0 aliphatic heterocycles. The van der Waals surface area contributed by atoms with Crippen LogP contribution in [0.1, 0.15) is 17.0 Å². The summed E-state index contributed by atoms with van der Waals surface area (Å²) >= 11 is 1.68. The van der Waals surface area contributed by atoms with Gasteiger partial charge in [-0.05, 0) is 61.9 Å². The van der Waals surface area contributed by atoms with Crippen LogP contribution in [-0.4, -0.2) is 30.1 Å². The Kier molecular flexibility index (Phi) is 6.58. The molecule has 0 fully saturated rings. The SMILES string of the molecule is Cc1ccc(Sc2ccc(NC(=O)Cn3c(CS(C)(=O)=O)nc4ccccc43)cc2)c(C)c1. The first-order valence-corrected chi connectivity index (χ1v) is 13.3. The van der Waals surface area contributed by atoms with Gasteiger partial charge in [0.25, 0.3) is 0 Å². The predicted molar refractivity (Wildman–Crippen MR) is 133 cm³/mol. The molecule has 0 saturated heterocycles. The van der Waals surface area contributed by atoms with E-state index in [1.54, 1.807) is 16.3 Å². The highest BCUT2D eigenvalue weighted by Crippen LogP contribution is 2.31. The number of aryl methyl sites for hydroxylation is 2. The number of hydrogen-bond donors (Lipinski definition) is 1. The minimum atomic E-state index is -3.30. The summed E-state index contributed by atoms with van der Waals surface area (Å²) in [6.07, 6.45) is 1.16. The molecule has 0 aliphatic rings. The van der Waals surface area contributed by atoms with Gasteiger partial charge in [0.2, 0.25) is 5.91 Å². The number of anilines is 1. The van der Waals surface area contributed by atoms with E-state index >= 15 is 0 Å². The van der Waals surface area contributed by atoms with Crippen molar-refractivity contribution in [1.82, 2.24) is 9.55 Å². The summed E-state index contributed by atoms with van der Waals surface area (Å²) in [5.74, 6) is -0.115. The standard InChI is InChI=1S/C25H25N3O3S2/c1-17-8-13-23(18(2)14-17)32-20-11-9-19(10-12-20)26-25(29)15-28-22-7-5-4-6-21(22)27-24(28)16-33(3,30)31/h4-14H,15-16H2,1-3H3,(H,26,29). The van der Waals surface area contributed by atoms with Crippen molar-refractivity contribution in [1.29, 1.82) is 0 Å². The molecule has 170 valence electrons. The molecule has 0 spiro atoms. The van der Waals surface area contributed by atoms with E-state index in [0.29, 0.717) is 17.0 Å². The lowest BCUT2D eigenvalue weighted by atomic mass is 10.2.